The monoisotopic (exact) mass is 354 g/mol. The summed E-state index contributed by atoms with van der Waals surface area (Å²) in [6, 6.07) is 0. The summed E-state index contributed by atoms with van der Waals surface area (Å²) in [7, 11) is 1.67. The van der Waals surface area contributed by atoms with Gasteiger partial charge in [0.15, 0.2) is 5.82 Å². The molecule has 3 nitrogen and oxygen atoms in total. The van der Waals surface area contributed by atoms with Crippen molar-refractivity contribution in [2.24, 2.45) is 5.41 Å². The zero-order valence-electron chi connectivity index (χ0n) is 10.1. The van der Waals surface area contributed by atoms with Gasteiger partial charge >= 0.3 is 0 Å². The molecule has 0 radical (unpaired) electrons. The molecule has 0 aromatic carbocycles. The SMILES string of the molecule is COC(c1nc(C)c(I)c(Cl)n1)C(C)(C)C. The summed E-state index contributed by atoms with van der Waals surface area (Å²) in [6.45, 7) is 8.19. The number of rotatable bonds is 2. The van der Waals surface area contributed by atoms with Crippen molar-refractivity contribution < 1.29 is 4.74 Å². The molecule has 1 heterocycles. The second-order valence-electron chi connectivity index (χ2n) is 4.75. The maximum atomic E-state index is 6.06. The average Bonchev–Trinajstić information content (AvgIpc) is 2.12. The predicted octanol–water partition coefficient (Wildman–Crippen LogP) is 3.78. The molecule has 5 heteroatoms. The molecule has 1 atom stereocenters. The third-order valence-corrected chi connectivity index (χ3v) is 4.13. The number of aromatic nitrogens is 2. The molecule has 0 N–H and O–H groups in total. The summed E-state index contributed by atoms with van der Waals surface area (Å²) in [4.78, 5) is 8.74. The Morgan fingerprint density at radius 3 is 2.25 bits per heavy atom. The molecule has 0 aliphatic heterocycles. The smallest absolute Gasteiger partial charge is 0.159 e. The Kier molecular flexibility index (Phi) is 4.54. The van der Waals surface area contributed by atoms with Crippen molar-refractivity contribution in [3.63, 3.8) is 0 Å². The van der Waals surface area contributed by atoms with Gasteiger partial charge in [-0.2, -0.15) is 0 Å². The number of hydrogen-bond donors (Lipinski definition) is 0. The van der Waals surface area contributed by atoms with Crippen LogP contribution < -0.4 is 0 Å². The van der Waals surface area contributed by atoms with Gasteiger partial charge in [-0.3, -0.25) is 0 Å². The van der Waals surface area contributed by atoms with Gasteiger partial charge in [-0.05, 0) is 34.9 Å². The fourth-order valence-electron chi connectivity index (χ4n) is 1.51. The van der Waals surface area contributed by atoms with Crippen molar-refractivity contribution in [1.29, 1.82) is 0 Å². The van der Waals surface area contributed by atoms with Crippen LogP contribution in [0.2, 0.25) is 5.15 Å². The molecule has 1 unspecified atom stereocenters. The van der Waals surface area contributed by atoms with Gasteiger partial charge in [-0.25, -0.2) is 9.97 Å². The molecule has 16 heavy (non-hydrogen) atoms. The first-order chi connectivity index (χ1) is 7.27. The van der Waals surface area contributed by atoms with Gasteiger partial charge in [0.05, 0.1) is 9.26 Å². The first kappa shape index (κ1) is 14.1. The summed E-state index contributed by atoms with van der Waals surface area (Å²) in [5, 5.41) is 0.495. The molecule has 0 fully saturated rings. The second-order valence-corrected chi connectivity index (χ2v) is 6.19. The van der Waals surface area contributed by atoms with Crippen LogP contribution in [0.4, 0.5) is 0 Å². The Bertz CT molecular complexity index is 367. The number of methoxy groups -OCH3 is 1. The van der Waals surface area contributed by atoms with E-state index in [9.17, 15) is 0 Å². The summed E-state index contributed by atoms with van der Waals surface area (Å²) >= 11 is 8.20. The highest BCUT2D eigenvalue weighted by Crippen LogP contribution is 2.34. The zero-order chi connectivity index (χ0) is 12.5. The van der Waals surface area contributed by atoms with Gasteiger partial charge < -0.3 is 4.74 Å². The van der Waals surface area contributed by atoms with E-state index in [2.05, 4.69) is 53.3 Å². The van der Waals surface area contributed by atoms with E-state index >= 15 is 0 Å². The van der Waals surface area contributed by atoms with E-state index in [1.165, 1.54) is 0 Å². The van der Waals surface area contributed by atoms with Crippen molar-refractivity contribution in [2.75, 3.05) is 7.11 Å². The summed E-state index contributed by atoms with van der Waals surface area (Å²) in [6.07, 6.45) is -0.152. The number of halogens is 2. The van der Waals surface area contributed by atoms with E-state index in [-0.39, 0.29) is 11.5 Å². The summed E-state index contributed by atoms with van der Waals surface area (Å²) < 4.78 is 6.36. The molecule has 0 aliphatic rings. The van der Waals surface area contributed by atoms with Crippen LogP contribution >= 0.6 is 34.2 Å². The van der Waals surface area contributed by atoms with Crippen molar-refractivity contribution in [1.82, 2.24) is 9.97 Å². The maximum Gasteiger partial charge on any atom is 0.159 e. The molecule has 0 saturated heterocycles. The lowest BCUT2D eigenvalue weighted by atomic mass is 9.88. The Hall–Kier alpha value is 0.0600. The third-order valence-electron chi connectivity index (χ3n) is 2.25. The fraction of sp³-hybridized carbons (Fsp3) is 0.636. The first-order valence-corrected chi connectivity index (χ1v) is 6.45. The third kappa shape index (κ3) is 3.05. The van der Waals surface area contributed by atoms with Gasteiger partial charge in [-0.15, -0.1) is 0 Å². The Morgan fingerprint density at radius 2 is 1.88 bits per heavy atom. The van der Waals surface area contributed by atoms with Crippen LogP contribution in [0.25, 0.3) is 0 Å². The largest absolute Gasteiger partial charge is 0.373 e. The van der Waals surface area contributed by atoms with Gasteiger partial charge in [-0.1, -0.05) is 32.4 Å². The van der Waals surface area contributed by atoms with Crippen LogP contribution in [0, 0.1) is 15.9 Å². The van der Waals surface area contributed by atoms with Crippen LogP contribution in [0.1, 0.15) is 38.4 Å². The molecular formula is C11H16ClIN2O. The van der Waals surface area contributed by atoms with Gasteiger partial charge in [0, 0.05) is 7.11 Å². The fourth-order valence-corrected chi connectivity index (χ4v) is 1.97. The number of hydrogen-bond acceptors (Lipinski definition) is 3. The highest BCUT2D eigenvalue weighted by Gasteiger charge is 2.29. The van der Waals surface area contributed by atoms with E-state index in [0.717, 1.165) is 9.26 Å². The lowest BCUT2D eigenvalue weighted by Crippen LogP contribution is -2.23. The lowest BCUT2D eigenvalue weighted by molar-refractivity contribution is 0.00852. The second kappa shape index (κ2) is 5.14. The van der Waals surface area contributed by atoms with E-state index in [0.29, 0.717) is 11.0 Å². The number of ether oxygens (including phenoxy) is 1. The lowest BCUT2D eigenvalue weighted by Gasteiger charge is -2.28. The molecule has 0 aliphatic carbocycles. The molecule has 0 spiro atoms. The Morgan fingerprint density at radius 1 is 1.31 bits per heavy atom. The first-order valence-electron chi connectivity index (χ1n) is 4.99. The molecule has 0 bridgehead atoms. The molecule has 0 amide bonds. The van der Waals surface area contributed by atoms with E-state index in [1.807, 2.05) is 6.92 Å². The van der Waals surface area contributed by atoms with Crippen LogP contribution in [0.3, 0.4) is 0 Å². The van der Waals surface area contributed by atoms with E-state index in [4.69, 9.17) is 16.3 Å². The molecule has 1 aromatic heterocycles. The predicted molar refractivity (Wildman–Crippen MR) is 73.7 cm³/mol. The Labute approximate surface area is 115 Å². The zero-order valence-corrected chi connectivity index (χ0v) is 13.0. The molecule has 90 valence electrons. The number of nitrogens with zero attached hydrogens (tertiary/aromatic N) is 2. The minimum absolute atomic E-state index is 0.0582. The average molecular weight is 355 g/mol. The van der Waals surface area contributed by atoms with Crippen LogP contribution in [-0.4, -0.2) is 17.1 Å². The van der Waals surface area contributed by atoms with Crippen LogP contribution in [0.5, 0.6) is 0 Å². The quantitative estimate of drug-likeness (QED) is 0.599. The molecular weight excluding hydrogens is 338 g/mol. The summed E-state index contributed by atoms with van der Waals surface area (Å²) in [5.41, 5.74) is 0.832. The molecule has 1 rings (SSSR count). The molecule has 1 aromatic rings. The van der Waals surface area contributed by atoms with Crippen molar-refractivity contribution >= 4 is 34.2 Å². The topological polar surface area (TPSA) is 35.0 Å². The van der Waals surface area contributed by atoms with Crippen molar-refractivity contribution in [3.8, 4) is 0 Å². The van der Waals surface area contributed by atoms with Crippen LogP contribution in [0.15, 0.2) is 0 Å². The maximum absolute atomic E-state index is 6.06. The van der Waals surface area contributed by atoms with Gasteiger partial charge in [0.1, 0.15) is 11.3 Å². The van der Waals surface area contributed by atoms with Crippen LogP contribution in [-0.2, 0) is 4.74 Å². The number of aryl methyl sites for hydroxylation is 1. The highest BCUT2D eigenvalue weighted by atomic mass is 127. The minimum atomic E-state index is -0.152. The van der Waals surface area contributed by atoms with Gasteiger partial charge in [0.2, 0.25) is 0 Å². The highest BCUT2D eigenvalue weighted by molar-refractivity contribution is 14.1. The Balaban J connectivity index is 3.22. The minimum Gasteiger partial charge on any atom is -0.373 e. The standard InChI is InChI=1S/C11H16ClIN2O/c1-6-7(13)9(12)15-10(14-6)8(16-5)11(2,3)4/h8H,1-5H3. The summed E-state index contributed by atoms with van der Waals surface area (Å²) in [5.74, 6) is 0.651. The van der Waals surface area contributed by atoms with Crippen molar-refractivity contribution in [3.05, 3.63) is 20.2 Å². The van der Waals surface area contributed by atoms with Gasteiger partial charge in [0.25, 0.3) is 0 Å². The van der Waals surface area contributed by atoms with E-state index < -0.39 is 0 Å². The van der Waals surface area contributed by atoms with Crippen molar-refractivity contribution in [2.45, 2.75) is 33.8 Å². The normalized spacial score (nSPS) is 13.9. The van der Waals surface area contributed by atoms with E-state index in [1.54, 1.807) is 7.11 Å². The molecule has 0 saturated carbocycles.